The fourth-order valence-corrected chi connectivity index (χ4v) is 11.8. The first kappa shape index (κ1) is 96.4. The molecule has 0 aromatic carbocycles. The predicted molar refractivity (Wildman–Crippen MR) is 417 cm³/mol. The average Bonchev–Trinajstić information content (AvgIpc) is 0.949. The summed E-state index contributed by atoms with van der Waals surface area (Å²) < 4.78 is 61.1. The minimum absolute atomic E-state index is 0.100. The van der Waals surface area contributed by atoms with Gasteiger partial charge < -0.3 is 34.2 Å². The van der Waals surface area contributed by atoms with Gasteiger partial charge in [0, 0.05) is 19.3 Å². The van der Waals surface area contributed by atoms with E-state index in [9.17, 15) is 43.5 Å². The topological polar surface area (TPSA) is 231 Å². The summed E-state index contributed by atoms with van der Waals surface area (Å²) in [7, 11) is -9.80. The van der Waals surface area contributed by atoms with Crippen LogP contribution in [0.4, 0.5) is 0 Å². The first-order valence-electron chi connectivity index (χ1n) is 39.1. The molecule has 0 saturated carbocycles. The molecule has 0 heterocycles. The number of unbranched alkanes of at least 4 members (excludes halogenated alkanes) is 26. The van der Waals surface area contributed by atoms with E-state index >= 15 is 0 Å². The first-order valence-corrected chi connectivity index (χ1v) is 42.1. The highest BCUT2D eigenvalue weighted by Crippen LogP contribution is 2.45. The number of carbonyl (C=O) groups excluding carboxylic acids is 3. The second kappa shape index (κ2) is 75.1. The number of phosphoric ester groups is 2. The quantitative estimate of drug-likeness (QED) is 0.0146. The molecule has 0 aliphatic heterocycles. The van der Waals surface area contributed by atoms with Crippen LogP contribution in [0.1, 0.15) is 303 Å². The van der Waals surface area contributed by atoms with Crippen LogP contribution < -0.4 is 0 Å². The Kier molecular flexibility index (Phi) is 71.7. The molecule has 5 atom stereocenters. The Morgan fingerprint density at radius 1 is 0.287 bits per heavy atom. The standard InChI is InChI=1S/C83H140O16P2/c1-4-7-10-13-16-19-22-25-27-29-31-33-35-37-38-40-42-43-45-47-49-52-54-57-60-63-66-69-81(86)93-72-78(84)73-95-100(89,90)96-74-79(85)75-97-101(91,92)98-77-80(99-83(88)71-68-65-62-59-56-51-24-21-18-15-12-9-6-3)76-94-82(87)70-67-64-61-58-55-53-50-48-46-44-41-39-36-34-32-30-28-26-23-20-17-14-11-8-5-2/h7-8,10-11,16-17,19-20,25-28,31-34,37-39,41-43,46,48,78-80,84-85H,4-6,9,12-15,18,21-24,29-30,35-36,40,44-45,47,49-77H2,1-3H3,(H,89,90)(H,91,92)/b10-7-,11-8-,19-16-,20-17-,27-25-,28-26-,33-31-,34-32-,38-37-,41-39-,43-42-,48-46-. The normalized spacial score (nSPS) is 14.8. The van der Waals surface area contributed by atoms with Gasteiger partial charge in [0.05, 0.1) is 26.4 Å². The van der Waals surface area contributed by atoms with Gasteiger partial charge in [0.25, 0.3) is 0 Å². The van der Waals surface area contributed by atoms with E-state index in [1.807, 2.05) is 0 Å². The molecule has 0 fully saturated rings. The van der Waals surface area contributed by atoms with Crippen molar-refractivity contribution >= 4 is 33.6 Å². The van der Waals surface area contributed by atoms with Crippen molar-refractivity contribution in [2.24, 2.45) is 0 Å². The van der Waals surface area contributed by atoms with Gasteiger partial charge in [-0.25, -0.2) is 9.13 Å². The Balaban J connectivity index is 4.57. The third kappa shape index (κ3) is 76.4. The van der Waals surface area contributed by atoms with Crippen molar-refractivity contribution in [3.8, 4) is 0 Å². The van der Waals surface area contributed by atoms with E-state index in [0.29, 0.717) is 19.3 Å². The van der Waals surface area contributed by atoms with Crippen molar-refractivity contribution in [1.82, 2.24) is 0 Å². The number of allylic oxidation sites excluding steroid dienone is 24. The van der Waals surface area contributed by atoms with E-state index in [0.717, 1.165) is 173 Å². The molecular weight excluding hydrogens is 1310 g/mol. The van der Waals surface area contributed by atoms with E-state index < -0.39 is 91.5 Å². The lowest BCUT2D eigenvalue weighted by Gasteiger charge is -2.21. The summed E-state index contributed by atoms with van der Waals surface area (Å²) in [5.41, 5.74) is 0. The van der Waals surface area contributed by atoms with Gasteiger partial charge in [0.2, 0.25) is 0 Å². The Hall–Kier alpha value is -4.57. The Morgan fingerprint density at radius 3 is 0.832 bits per heavy atom. The maximum absolute atomic E-state index is 13.0. The van der Waals surface area contributed by atoms with Crippen molar-refractivity contribution in [3.63, 3.8) is 0 Å². The molecule has 4 N–H and O–H groups in total. The third-order valence-electron chi connectivity index (χ3n) is 16.1. The molecule has 5 unspecified atom stereocenters. The number of aliphatic hydroxyl groups excluding tert-OH is 2. The number of rotatable bonds is 73. The number of aliphatic hydroxyl groups is 2. The summed E-state index contributed by atoms with van der Waals surface area (Å²) in [5.74, 6) is -1.60. The molecule has 0 aromatic rings. The lowest BCUT2D eigenvalue weighted by atomic mass is 10.0. The summed E-state index contributed by atoms with van der Waals surface area (Å²) in [5, 5.41) is 20.6. The maximum atomic E-state index is 13.0. The molecule has 18 heteroatoms. The zero-order valence-electron chi connectivity index (χ0n) is 63.0. The van der Waals surface area contributed by atoms with Gasteiger partial charge in [-0.1, -0.05) is 308 Å². The number of hydrogen-bond acceptors (Lipinski definition) is 14. The van der Waals surface area contributed by atoms with E-state index in [2.05, 4.69) is 167 Å². The van der Waals surface area contributed by atoms with Crippen LogP contribution in [0.5, 0.6) is 0 Å². The van der Waals surface area contributed by atoms with Gasteiger partial charge in [0.15, 0.2) is 6.10 Å². The van der Waals surface area contributed by atoms with E-state index in [4.69, 9.17) is 32.3 Å². The van der Waals surface area contributed by atoms with Crippen molar-refractivity contribution in [2.75, 3.05) is 39.6 Å². The molecule has 16 nitrogen and oxygen atoms in total. The van der Waals surface area contributed by atoms with Gasteiger partial charge in [0.1, 0.15) is 25.4 Å². The molecule has 0 radical (unpaired) electrons. The molecule has 0 spiro atoms. The molecule has 0 amide bonds. The van der Waals surface area contributed by atoms with Crippen molar-refractivity contribution < 1.29 is 75.8 Å². The van der Waals surface area contributed by atoms with Gasteiger partial charge in [-0.3, -0.25) is 32.5 Å². The number of phosphoric acid groups is 2. The summed E-state index contributed by atoms with van der Waals surface area (Å²) >= 11 is 0. The number of carbonyl (C=O) groups is 3. The number of hydrogen-bond donors (Lipinski definition) is 4. The van der Waals surface area contributed by atoms with E-state index in [1.54, 1.807) is 0 Å². The largest absolute Gasteiger partial charge is 0.472 e. The molecule has 0 saturated heterocycles. The number of esters is 3. The van der Waals surface area contributed by atoms with Crippen LogP contribution in [0, 0.1) is 0 Å². The van der Waals surface area contributed by atoms with Crippen molar-refractivity contribution in [1.29, 1.82) is 0 Å². The monoisotopic (exact) mass is 1450 g/mol. The molecule has 0 bridgehead atoms. The first-order chi connectivity index (χ1) is 49.2. The van der Waals surface area contributed by atoms with Crippen molar-refractivity contribution in [3.05, 3.63) is 146 Å². The zero-order valence-corrected chi connectivity index (χ0v) is 64.8. The Labute approximate surface area is 613 Å². The Morgan fingerprint density at radius 2 is 0.525 bits per heavy atom. The second-order valence-corrected chi connectivity index (χ2v) is 28.7. The molecule has 0 aliphatic carbocycles. The van der Waals surface area contributed by atoms with Crippen LogP contribution >= 0.6 is 15.6 Å². The molecule has 578 valence electrons. The molecule has 0 rings (SSSR count). The second-order valence-electron chi connectivity index (χ2n) is 25.8. The van der Waals surface area contributed by atoms with Crippen LogP contribution in [0.2, 0.25) is 0 Å². The highest BCUT2D eigenvalue weighted by atomic mass is 31.2. The average molecular weight is 1460 g/mol. The van der Waals surface area contributed by atoms with Crippen LogP contribution in [0.15, 0.2) is 146 Å². The predicted octanol–water partition coefficient (Wildman–Crippen LogP) is 22.9. The smallest absolute Gasteiger partial charge is 0.463 e. The zero-order chi connectivity index (χ0) is 73.7. The maximum Gasteiger partial charge on any atom is 0.472 e. The van der Waals surface area contributed by atoms with Crippen LogP contribution in [-0.2, 0) is 55.8 Å². The summed E-state index contributed by atoms with van der Waals surface area (Å²) in [6.07, 6.45) is 91.7. The summed E-state index contributed by atoms with van der Waals surface area (Å²) in [6, 6.07) is 0. The summed E-state index contributed by atoms with van der Waals surface area (Å²) in [6.45, 7) is 2.43. The van der Waals surface area contributed by atoms with Crippen LogP contribution in [0.3, 0.4) is 0 Å². The third-order valence-corrected chi connectivity index (χ3v) is 18.0. The van der Waals surface area contributed by atoms with Crippen molar-refractivity contribution in [2.45, 2.75) is 322 Å². The lowest BCUT2D eigenvalue weighted by molar-refractivity contribution is -0.161. The molecular formula is C83H140O16P2. The van der Waals surface area contributed by atoms with Gasteiger partial charge >= 0.3 is 33.6 Å². The fraction of sp³-hybridized carbons (Fsp3) is 0.675. The molecule has 0 aromatic heterocycles. The fourth-order valence-electron chi connectivity index (χ4n) is 10.2. The van der Waals surface area contributed by atoms with Crippen LogP contribution in [0.25, 0.3) is 0 Å². The molecule has 101 heavy (non-hydrogen) atoms. The molecule has 0 aliphatic rings. The highest BCUT2D eigenvalue weighted by Gasteiger charge is 2.29. The van der Waals surface area contributed by atoms with Gasteiger partial charge in [-0.2, -0.15) is 0 Å². The van der Waals surface area contributed by atoms with Crippen LogP contribution in [-0.4, -0.2) is 95.9 Å². The van der Waals surface area contributed by atoms with Gasteiger partial charge in [-0.15, -0.1) is 0 Å². The highest BCUT2D eigenvalue weighted by molar-refractivity contribution is 7.47. The summed E-state index contributed by atoms with van der Waals surface area (Å²) in [4.78, 5) is 58.6. The minimum Gasteiger partial charge on any atom is -0.463 e. The number of ether oxygens (including phenoxy) is 3. The van der Waals surface area contributed by atoms with E-state index in [-0.39, 0.29) is 19.3 Å². The SMILES string of the molecule is CC/C=C\C/C=C\C/C=C\C/C=C\C/C=C\C/C=C\CCCCCCCCCCC(=O)OCC(O)COP(=O)(O)OCC(O)COP(=O)(O)OCC(COC(=O)CCCCCCCC/C=C\C/C=C\C/C=C\C/C=C\C/C=C\C/C=C\CC)OC(=O)CCCCCCCCCCCCCCC. The van der Waals surface area contributed by atoms with Gasteiger partial charge in [-0.05, 0) is 122 Å². The van der Waals surface area contributed by atoms with E-state index in [1.165, 1.54) is 70.6 Å². The Bertz CT molecular complexity index is 2420. The lowest BCUT2D eigenvalue weighted by Crippen LogP contribution is -2.30. The minimum atomic E-state index is -4.93.